The third-order valence-electron chi connectivity index (χ3n) is 5.76. The number of carbonyl (C=O) groups excluding carboxylic acids is 2. The van der Waals surface area contributed by atoms with Crippen molar-refractivity contribution in [1.29, 1.82) is 0 Å². The van der Waals surface area contributed by atoms with Gasteiger partial charge in [0.2, 0.25) is 0 Å². The molecule has 176 valence electrons. The first-order valence-electron chi connectivity index (χ1n) is 11.3. The lowest BCUT2D eigenvalue weighted by atomic mass is 10.1. The molecule has 1 fully saturated rings. The largest absolute Gasteiger partial charge is 0.497 e. The summed E-state index contributed by atoms with van der Waals surface area (Å²) in [5, 5.41) is 2.77. The first-order chi connectivity index (χ1) is 16.5. The summed E-state index contributed by atoms with van der Waals surface area (Å²) < 4.78 is 10.7. The number of amides is 2. The molecule has 3 aromatic rings. The second kappa shape index (κ2) is 10.7. The topological polar surface area (TPSA) is 71.1 Å². The number of benzene rings is 3. The maximum atomic E-state index is 12.9. The van der Waals surface area contributed by atoms with Gasteiger partial charge in [-0.05, 0) is 61.0 Å². The van der Waals surface area contributed by atoms with E-state index in [1.54, 1.807) is 55.6 Å². The SMILES string of the molecule is COc1cccc(NC(=O)COc2ccc(C(=O)N3CCN(c4cccc(C)c4)CC3)cc2)c1. The highest BCUT2D eigenvalue weighted by Gasteiger charge is 2.22. The second-order valence-corrected chi connectivity index (χ2v) is 8.21. The Morgan fingerprint density at radius 3 is 2.32 bits per heavy atom. The number of hydrogen-bond donors (Lipinski definition) is 1. The van der Waals surface area contributed by atoms with Crippen molar-refractivity contribution < 1.29 is 19.1 Å². The van der Waals surface area contributed by atoms with E-state index in [1.807, 2.05) is 4.90 Å². The van der Waals surface area contributed by atoms with Gasteiger partial charge in [-0.1, -0.05) is 18.2 Å². The summed E-state index contributed by atoms with van der Waals surface area (Å²) in [4.78, 5) is 29.3. The minimum Gasteiger partial charge on any atom is -0.497 e. The molecule has 1 N–H and O–H groups in total. The normalized spacial score (nSPS) is 13.4. The molecule has 3 aromatic carbocycles. The molecular weight excluding hydrogens is 430 g/mol. The van der Waals surface area contributed by atoms with Crippen LogP contribution in [-0.2, 0) is 4.79 Å². The average Bonchev–Trinajstić information content (AvgIpc) is 2.87. The zero-order valence-electron chi connectivity index (χ0n) is 19.5. The summed E-state index contributed by atoms with van der Waals surface area (Å²) in [7, 11) is 1.57. The lowest BCUT2D eigenvalue weighted by Gasteiger charge is -2.36. The number of anilines is 2. The van der Waals surface area contributed by atoms with E-state index in [4.69, 9.17) is 9.47 Å². The van der Waals surface area contributed by atoms with E-state index in [0.717, 1.165) is 13.1 Å². The van der Waals surface area contributed by atoms with Gasteiger partial charge in [-0.15, -0.1) is 0 Å². The van der Waals surface area contributed by atoms with E-state index in [9.17, 15) is 9.59 Å². The van der Waals surface area contributed by atoms with Gasteiger partial charge in [0.05, 0.1) is 7.11 Å². The molecule has 1 heterocycles. The van der Waals surface area contributed by atoms with Crippen LogP contribution in [0.5, 0.6) is 11.5 Å². The van der Waals surface area contributed by atoms with Gasteiger partial charge < -0.3 is 24.6 Å². The number of piperazine rings is 1. The van der Waals surface area contributed by atoms with E-state index < -0.39 is 0 Å². The fourth-order valence-electron chi connectivity index (χ4n) is 3.92. The lowest BCUT2D eigenvalue weighted by molar-refractivity contribution is -0.118. The third kappa shape index (κ3) is 5.86. The van der Waals surface area contributed by atoms with Crippen molar-refractivity contribution in [2.24, 2.45) is 0 Å². The summed E-state index contributed by atoms with van der Waals surface area (Å²) in [6.07, 6.45) is 0. The van der Waals surface area contributed by atoms with Crippen molar-refractivity contribution in [2.45, 2.75) is 6.92 Å². The Kier molecular flexibility index (Phi) is 7.32. The number of nitrogens with zero attached hydrogens (tertiary/aromatic N) is 2. The van der Waals surface area contributed by atoms with Crippen LogP contribution in [0, 0.1) is 6.92 Å². The first kappa shape index (κ1) is 23.2. The molecule has 0 unspecified atom stereocenters. The molecule has 0 radical (unpaired) electrons. The van der Waals surface area contributed by atoms with Crippen molar-refractivity contribution in [2.75, 3.05) is 50.1 Å². The number of hydrogen-bond acceptors (Lipinski definition) is 5. The molecule has 1 saturated heterocycles. The Bertz CT molecular complexity index is 1140. The molecule has 4 rings (SSSR count). The van der Waals surface area contributed by atoms with Gasteiger partial charge in [-0.2, -0.15) is 0 Å². The highest BCUT2D eigenvalue weighted by Crippen LogP contribution is 2.20. The van der Waals surface area contributed by atoms with E-state index in [0.29, 0.717) is 35.8 Å². The Balaban J connectivity index is 1.26. The van der Waals surface area contributed by atoms with Crippen LogP contribution in [0.15, 0.2) is 72.8 Å². The van der Waals surface area contributed by atoms with E-state index in [1.165, 1.54) is 11.3 Å². The number of nitrogens with one attached hydrogen (secondary N) is 1. The van der Waals surface area contributed by atoms with Crippen molar-refractivity contribution in [3.63, 3.8) is 0 Å². The molecule has 34 heavy (non-hydrogen) atoms. The number of carbonyl (C=O) groups is 2. The molecule has 7 nitrogen and oxygen atoms in total. The maximum absolute atomic E-state index is 12.9. The molecule has 0 saturated carbocycles. The number of aryl methyl sites for hydroxylation is 1. The smallest absolute Gasteiger partial charge is 0.262 e. The van der Waals surface area contributed by atoms with Crippen LogP contribution in [0.2, 0.25) is 0 Å². The summed E-state index contributed by atoms with van der Waals surface area (Å²) in [6.45, 7) is 4.91. The summed E-state index contributed by atoms with van der Waals surface area (Å²) >= 11 is 0. The fraction of sp³-hybridized carbons (Fsp3) is 0.259. The Morgan fingerprint density at radius 1 is 0.882 bits per heavy atom. The molecule has 0 atom stereocenters. The van der Waals surface area contributed by atoms with Crippen LogP contribution in [-0.4, -0.2) is 56.6 Å². The molecule has 7 heteroatoms. The van der Waals surface area contributed by atoms with Gasteiger partial charge in [0.15, 0.2) is 6.61 Å². The van der Waals surface area contributed by atoms with Gasteiger partial charge >= 0.3 is 0 Å². The van der Waals surface area contributed by atoms with Gasteiger partial charge in [0, 0.05) is 49.2 Å². The Hall–Kier alpha value is -4.00. The molecule has 0 bridgehead atoms. The van der Waals surface area contributed by atoms with Gasteiger partial charge in [-0.3, -0.25) is 9.59 Å². The maximum Gasteiger partial charge on any atom is 0.262 e. The van der Waals surface area contributed by atoms with Crippen molar-refractivity contribution in [1.82, 2.24) is 4.90 Å². The number of rotatable bonds is 7. The van der Waals surface area contributed by atoms with Crippen molar-refractivity contribution in [3.05, 3.63) is 83.9 Å². The average molecular weight is 460 g/mol. The molecule has 0 spiro atoms. The van der Waals surface area contributed by atoms with Crippen molar-refractivity contribution in [3.8, 4) is 11.5 Å². The summed E-state index contributed by atoms with van der Waals surface area (Å²) in [5.74, 6) is 0.920. The standard InChI is InChI=1S/C27H29N3O4/c1-20-5-3-7-23(17-20)29-13-15-30(16-14-29)27(32)21-9-11-24(12-10-21)34-19-26(31)28-22-6-4-8-25(18-22)33-2/h3-12,17-18H,13-16,19H2,1-2H3,(H,28,31). The zero-order chi connectivity index (χ0) is 23.9. The van der Waals surface area contributed by atoms with Gasteiger partial charge in [-0.25, -0.2) is 0 Å². The van der Waals surface area contributed by atoms with Crippen LogP contribution >= 0.6 is 0 Å². The number of methoxy groups -OCH3 is 1. The van der Waals surface area contributed by atoms with E-state index in [-0.39, 0.29) is 18.4 Å². The van der Waals surface area contributed by atoms with Gasteiger partial charge in [0.1, 0.15) is 11.5 Å². The molecule has 1 aliphatic heterocycles. The quantitative estimate of drug-likeness (QED) is 0.579. The predicted octanol–water partition coefficient (Wildman–Crippen LogP) is 3.98. The van der Waals surface area contributed by atoms with E-state index in [2.05, 4.69) is 41.4 Å². The molecule has 1 aliphatic rings. The van der Waals surface area contributed by atoms with E-state index >= 15 is 0 Å². The van der Waals surface area contributed by atoms with Crippen LogP contribution < -0.4 is 19.7 Å². The number of ether oxygens (including phenoxy) is 2. The first-order valence-corrected chi connectivity index (χ1v) is 11.3. The Morgan fingerprint density at radius 2 is 1.62 bits per heavy atom. The van der Waals surface area contributed by atoms with Crippen molar-refractivity contribution >= 4 is 23.2 Å². The summed E-state index contributed by atoms with van der Waals surface area (Å²) in [6, 6.07) is 22.5. The minimum absolute atomic E-state index is 0.00575. The predicted molar refractivity (Wildman–Crippen MR) is 133 cm³/mol. The van der Waals surface area contributed by atoms with Crippen LogP contribution in [0.3, 0.4) is 0 Å². The third-order valence-corrected chi connectivity index (χ3v) is 5.76. The highest BCUT2D eigenvalue weighted by molar-refractivity contribution is 5.94. The molecule has 2 amide bonds. The summed E-state index contributed by atoms with van der Waals surface area (Å²) in [5.41, 5.74) is 3.67. The molecular formula is C27H29N3O4. The van der Waals surface area contributed by atoms with Crippen LogP contribution in [0.25, 0.3) is 0 Å². The fourth-order valence-corrected chi connectivity index (χ4v) is 3.92. The zero-order valence-corrected chi connectivity index (χ0v) is 19.5. The lowest BCUT2D eigenvalue weighted by Crippen LogP contribution is -2.48. The molecule has 0 aromatic heterocycles. The Labute approximate surface area is 199 Å². The minimum atomic E-state index is -0.278. The van der Waals surface area contributed by atoms with Crippen LogP contribution in [0.4, 0.5) is 11.4 Å². The molecule has 0 aliphatic carbocycles. The highest BCUT2D eigenvalue weighted by atomic mass is 16.5. The second-order valence-electron chi connectivity index (χ2n) is 8.21. The monoisotopic (exact) mass is 459 g/mol. The van der Waals surface area contributed by atoms with Gasteiger partial charge in [0.25, 0.3) is 11.8 Å². The van der Waals surface area contributed by atoms with Crippen LogP contribution in [0.1, 0.15) is 15.9 Å².